The van der Waals surface area contributed by atoms with Crippen LogP contribution in [-0.2, 0) is 4.74 Å². The van der Waals surface area contributed by atoms with Crippen molar-refractivity contribution in [2.75, 3.05) is 13.2 Å². The summed E-state index contributed by atoms with van der Waals surface area (Å²) in [6.45, 7) is 1.83. The van der Waals surface area contributed by atoms with Gasteiger partial charge in [0.15, 0.2) is 0 Å². The van der Waals surface area contributed by atoms with Gasteiger partial charge in [-0.2, -0.15) is 0 Å². The quantitative estimate of drug-likeness (QED) is 0.834. The lowest BCUT2D eigenvalue weighted by molar-refractivity contribution is 0.0495. The third-order valence-electron chi connectivity index (χ3n) is 3.65. The lowest BCUT2D eigenvalue weighted by Gasteiger charge is -2.14. The number of halogens is 1. The Bertz CT molecular complexity index is 354. The summed E-state index contributed by atoms with van der Waals surface area (Å²) in [5.74, 6) is 0.723. The van der Waals surface area contributed by atoms with Gasteiger partial charge in [-0.1, -0.05) is 18.0 Å². The molecule has 0 amide bonds. The Morgan fingerprint density at radius 1 is 1.38 bits per heavy atom. The zero-order valence-corrected chi connectivity index (χ0v) is 10.7. The van der Waals surface area contributed by atoms with Crippen molar-refractivity contribution in [1.82, 2.24) is 5.32 Å². The zero-order chi connectivity index (χ0) is 11.0. The van der Waals surface area contributed by atoms with E-state index >= 15 is 0 Å². The second kappa shape index (κ2) is 4.65. The van der Waals surface area contributed by atoms with Crippen molar-refractivity contribution in [3.05, 3.63) is 21.3 Å². The summed E-state index contributed by atoms with van der Waals surface area (Å²) in [5.41, 5.74) is 0. The first-order chi connectivity index (χ1) is 7.83. The second-order valence-electron chi connectivity index (χ2n) is 4.67. The summed E-state index contributed by atoms with van der Waals surface area (Å²) in [7, 11) is 0. The van der Waals surface area contributed by atoms with Crippen molar-refractivity contribution in [3.63, 3.8) is 0 Å². The van der Waals surface area contributed by atoms with Crippen LogP contribution in [0.4, 0.5) is 0 Å². The maximum absolute atomic E-state index is 6.01. The van der Waals surface area contributed by atoms with Crippen LogP contribution in [0.3, 0.4) is 0 Å². The Morgan fingerprint density at radius 2 is 2.31 bits per heavy atom. The predicted octanol–water partition coefficient (Wildman–Crippen LogP) is 3.23. The minimum Gasteiger partial charge on any atom is -0.371 e. The molecule has 1 aromatic rings. The summed E-state index contributed by atoms with van der Waals surface area (Å²) in [6, 6.07) is 4.72. The SMILES string of the molecule is Clc1ccc(C2CNC3CCCC3CO2)s1. The van der Waals surface area contributed by atoms with E-state index in [0.717, 1.165) is 23.4 Å². The minimum absolute atomic E-state index is 0.197. The van der Waals surface area contributed by atoms with E-state index in [9.17, 15) is 0 Å². The molecule has 4 heteroatoms. The Morgan fingerprint density at radius 3 is 3.12 bits per heavy atom. The fourth-order valence-electron chi connectivity index (χ4n) is 2.75. The van der Waals surface area contributed by atoms with Gasteiger partial charge < -0.3 is 10.1 Å². The molecule has 3 atom stereocenters. The highest BCUT2D eigenvalue weighted by molar-refractivity contribution is 7.16. The van der Waals surface area contributed by atoms with Crippen LogP contribution < -0.4 is 5.32 Å². The first kappa shape index (κ1) is 11.0. The number of nitrogens with one attached hydrogen (secondary N) is 1. The molecule has 0 bridgehead atoms. The van der Waals surface area contributed by atoms with Crippen molar-refractivity contribution >= 4 is 22.9 Å². The highest BCUT2D eigenvalue weighted by Gasteiger charge is 2.31. The molecule has 0 aromatic carbocycles. The smallest absolute Gasteiger partial charge is 0.104 e. The topological polar surface area (TPSA) is 21.3 Å². The van der Waals surface area contributed by atoms with E-state index in [1.807, 2.05) is 6.07 Å². The largest absolute Gasteiger partial charge is 0.371 e. The molecule has 1 saturated carbocycles. The molecule has 2 heterocycles. The molecule has 1 N–H and O–H groups in total. The van der Waals surface area contributed by atoms with E-state index in [4.69, 9.17) is 16.3 Å². The van der Waals surface area contributed by atoms with Gasteiger partial charge in [-0.25, -0.2) is 0 Å². The van der Waals surface area contributed by atoms with Crippen LogP contribution in [0.2, 0.25) is 4.34 Å². The summed E-state index contributed by atoms with van der Waals surface area (Å²) >= 11 is 7.59. The molecule has 3 unspecified atom stereocenters. The highest BCUT2D eigenvalue weighted by Crippen LogP contribution is 2.34. The van der Waals surface area contributed by atoms with E-state index < -0.39 is 0 Å². The molecule has 88 valence electrons. The summed E-state index contributed by atoms with van der Waals surface area (Å²) in [4.78, 5) is 1.25. The number of thiophene rings is 1. The number of fused-ring (bicyclic) bond motifs is 1. The zero-order valence-electron chi connectivity index (χ0n) is 9.12. The molecule has 1 aliphatic carbocycles. The Balaban J connectivity index is 1.70. The van der Waals surface area contributed by atoms with Crippen LogP contribution in [0, 0.1) is 5.92 Å². The molecule has 1 aliphatic heterocycles. The third kappa shape index (κ3) is 2.14. The van der Waals surface area contributed by atoms with E-state index in [2.05, 4.69) is 11.4 Å². The third-order valence-corrected chi connectivity index (χ3v) is 4.97. The predicted molar refractivity (Wildman–Crippen MR) is 67.2 cm³/mol. The monoisotopic (exact) mass is 257 g/mol. The molecule has 2 aliphatic rings. The second-order valence-corrected chi connectivity index (χ2v) is 6.42. The first-order valence-electron chi connectivity index (χ1n) is 5.93. The Kier molecular flexibility index (Phi) is 3.20. The normalized spacial score (nSPS) is 34.7. The summed E-state index contributed by atoms with van der Waals surface area (Å²) in [5, 5.41) is 3.64. The molecule has 1 aromatic heterocycles. The standard InChI is InChI=1S/C12H16ClNOS/c13-12-5-4-11(16-12)10-6-14-9-3-1-2-8(9)7-15-10/h4-5,8-10,14H,1-3,6-7H2. The maximum atomic E-state index is 6.01. The molecule has 0 spiro atoms. The van der Waals surface area contributed by atoms with E-state index in [1.165, 1.54) is 24.1 Å². The molecule has 1 saturated heterocycles. The highest BCUT2D eigenvalue weighted by atomic mass is 35.5. The van der Waals surface area contributed by atoms with Gasteiger partial charge in [0.1, 0.15) is 6.10 Å². The Labute approximate surface area is 105 Å². The molecule has 2 fully saturated rings. The fraction of sp³-hybridized carbons (Fsp3) is 0.667. The minimum atomic E-state index is 0.197. The van der Waals surface area contributed by atoms with E-state index in [0.29, 0.717) is 6.04 Å². The molecule has 3 rings (SSSR count). The van der Waals surface area contributed by atoms with Crippen molar-refractivity contribution < 1.29 is 4.74 Å². The molecular formula is C12H16ClNOS. The van der Waals surface area contributed by atoms with Gasteiger partial charge >= 0.3 is 0 Å². The fourth-order valence-corrected chi connectivity index (χ4v) is 3.86. The van der Waals surface area contributed by atoms with Crippen molar-refractivity contribution in [3.8, 4) is 0 Å². The molecular weight excluding hydrogens is 242 g/mol. The first-order valence-corrected chi connectivity index (χ1v) is 7.12. The molecule has 2 nitrogen and oxygen atoms in total. The van der Waals surface area contributed by atoms with Gasteiger partial charge in [0.05, 0.1) is 10.9 Å². The van der Waals surface area contributed by atoms with Crippen molar-refractivity contribution in [2.24, 2.45) is 5.92 Å². The van der Waals surface area contributed by atoms with E-state index in [1.54, 1.807) is 11.3 Å². The maximum Gasteiger partial charge on any atom is 0.104 e. The van der Waals surface area contributed by atoms with Gasteiger partial charge in [0, 0.05) is 17.5 Å². The average Bonchev–Trinajstić information content (AvgIpc) is 2.85. The lowest BCUT2D eigenvalue weighted by Crippen LogP contribution is -2.32. The van der Waals surface area contributed by atoms with Gasteiger partial charge in [-0.05, 0) is 30.9 Å². The van der Waals surface area contributed by atoms with Crippen LogP contribution in [0.1, 0.15) is 30.2 Å². The molecule has 0 radical (unpaired) electrons. The number of rotatable bonds is 1. The molecule has 16 heavy (non-hydrogen) atoms. The Hall–Kier alpha value is -0.0900. The van der Waals surface area contributed by atoms with Crippen molar-refractivity contribution in [2.45, 2.75) is 31.4 Å². The van der Waals surface area contributed by atoms with Crippen LogP contribution >= 0.6 is 22.9 Å². The van der Waals surface area contributed by atoms with Crippen LogP contribution in [0.25, 0.3) is 0 Å². The number of ether oxygens (including phenoxy) is 1. The number of hydrogen-bond donors (Lipinski definition) is 1. The van der Waals surface area contributed by atoms with Gasteiger partial charge in [-0.3, -0.25) is 0 Å². The van der Waals surface area contributed by atoms with Crippen LogP contribution in [-0.4, -0.2) is 19.2 Å². The van der Waals surface area contributed by atoms with E-state index in [-0.39, 0.29) is 6.10 Å². The average molecular weight is 258 g/mol. The van der Waals surface area contributed by atoms with Crippen LogP contribution in [0.5, 0.6) is 0 Å². The van der Waals surface area contributed by atoms with Crippen LogP contribution in [0.15, 0.2) is 12.1 Å². The van der Waals surface area contributed by atoms with Crippen molar-refractivity contribution in [1.29, 1.82) is 0 Å². The summed E-state index contributed by atoms with van der Waals surface area (Å²) in [6.07, 6.45) is 4.17. The van der Waals surface area contributed by atoms with Gasteiger partial charge in [0.2, 0.25) is 0 Å². The lowest BCUT2D eigenvalue weighted by atomic mass is 10.1. The van der Waals surface area contributed by atoms with Gasteiger partial charge in [0.25, 0.3) is 0 Å². The summed E-state index contributed by atoms with van der Waals surface area (Å²) < 4.78 is 6.86. The van der Waals surface area contributed by atoms with Gasteiger partial charge in [-0.15, -0.1) is 11.3 Å². The number of hydrogen-bond acceptors (Lipinski definition) is 3.